The number of fused-ring (bicyclic) bond motifs is 4. The van der Waals surface area contributed by atoms with E-state index < -0.39 is 0 Å². The van der Waals surface area contributed by atoms with Crippen LogP contribution in [0.2, 0.25) is 0 Å². The molecule has 0 saturated carbocycles. The Bertz CT molecular complexity index is 1350. The molecule has 0 atom stereocenters. The topological polar surface area (TPSA) is 129 Å². The van der Waals surface area contributed by atoms with Crippen molar-refractivity contribution in [3.05, 3.63) is 48.4 Å². The number of aromatic nitrogens is 8. The van der Waals surface area contributed by atoms with Gasteiger partial charge in [0.05, 0.1) is 24.4 Å². The van der Waals surface area contributed by atoms with Crippen molar-refractivity contribution in [3.8, 4) is 11.6 Å². The normalized spacial score (nSPS) is 14.5. The lowest BCUT2D eigenvalue weighted by atomic mass is 10.1. The maximum Gasteiger partial charge on any atom is 0.225 e. The van der Waals surface area contributed by atoms with Crippen LogP contribution in [0.25, 0.3) is 28.3 Å². The number of anilines is 1. The predicted octanol–water partition coefficient (Wildman–Crippen LogP) is 1.16. The van der Waals surface area contributed by atoms with Crippen LogP contribution in [0.4, 0.5) is 5.95 Å². The highest BCUT2D eigenvalue weighted by Crippen LogP contribution is 2.23. The Balaban J connectivity index is 1.29. The van der Waals surface area contributed by atoms with Crippen molar-refractivity contribution >= 4 is 22.6 Å². The molecule has 0 aliphatic carbocycles. The van der Waals surface area contributed by atoms with Crippen molar-refractivity contribution in [2.75, 3.05) is 18.8 Å². The molecule has 6 rings (SSSR count). The van der Waals surface area contributed by atoms with Gasteiger partial charge in [0, 0.05) is 43.5 Å². The third kappa shape index (κ3) is 2.70. The van der Waals surface area contributed by atoms with Gasteiger partial charge in [-0.25, -0.2) is 19.6 Å². The van der Waals surface area contributed by atoms with Crippen LogP contribution in [0.1, 0.15) is 11.3 Å². The molecule has 150 valence electrons. The molecule has 1 aliphatic heterocycles. The van der Waals surface area contributed by atoms with Crippen molar-refractivity contribution in [1.82, 2.24) is 44.2 Å². The summed E-state index contributed by atoms with van der Waals surface area (Å²) in [6.45, 7) is 3.32. The largest absolute Gasteiger partial charge is 0.461 e. The van der Waals surface area contributed by atoms with Gasteiger partial charge in [0.1, 0.15) is 6.33 Å². The SMILES string of the molecule is Nc1nc2c(cnn2CCN2CCc3ncncc3C2)c2nc(-c3ccco3)nn12. The second-order valence-corrected chi connectivity index (χ2v) is 7.24. The molecule has 0 spiro atoms. The summed E-state index contributed by atoms with van der Waals surface area (Å²) in [6, 6.07) is 3.60. The number of nitrogens with zero attached hydrogens (tertiary/aromatic N) is 9. The van der Waals surface area contributed by atoms with Gasteiger partial charge >= 0.3 is 0 Å². The molecule has 11 heteroatoms. The number of nitrogen functional groups attached to an aromatic ring is 1. The summed E-state index contributed by atoms with van der Waals surface area (Å²) in [5, 5.41) is 9.75. The van der Waals surface area contributed by atoms with Crippen molar-refractivity contribution in [2.45, 2.75) is 19.5 Å². The molecule has 0 radical (unpaired) electrons. The lowest BCUT2D eigenvalue weighted by molar-refractivity contribution is 0.239. The van der Waals surface area contributed by atoms with E-state index in [0.717, 1.165) is 37.1 Å². The highest BCUT2D eigenvalue weighted by atomic mass is 16.3. The summed E-state index contributed by atoms with van der Waals surface area (Å²) in [7, 11) is 0. The van der Waals surface area contributed by atoms with Crippen LogP contribution < -0.4 is 5.73 Å². The Morgan fingerprint density at radius 1 is 1.13 bits per heavy atom. The van der Waals surface area contributed by atoms with Gasteiger partial charge in [0.25, 0.3) is 0 Å². The average Bonchev–Trinajstić information content (AvgIpc) is 3.51. The summed E-state index contributed by atoms with van der Waals surface area (Å²) >= 11 is 0. The predicted molar refractivity (Wildman–Crippen MR) is 107 cm³/mol. The van der Waals surface area contributed by atoms with E-state index in [-0.39, 0.29) is 5.95 Å². The molecule has 5 aromatic rings. The van der Waals surface area contributed by atoms with Crippen LogP contribution in [0.3, 0.4) is 0 Å². The Morgan fingerprint density at radius 3 is 3.00 bits per heavy atom. The first-order valence-corrected chi connectivity index (χ1v) is 9.68. The highest BCUT2D eigenvalue weighted by molar-refractivity contribution is 5.90. The molecule has 11 nitrogen and oxygen atoms in total. The number of furan rings is 1. The van der Waals surface area contributed by atoms with Gasteiger partial charge < -0.3 is 10.2 Å². The Morgan fingerprint density at radius 2 is 2.10 bits per heavy atom. The van der Waals surface area contributed by atoms with E-state index in [9.17, 15) is 0 Å². The lowest BCUT2D eigenvalue weighted by Crippen LogP contribution is -2.33. The summed E-state index contributed by atoms with van der Waals surface area (Å²) < 4.78 is 8.79. The second kappa shape index (κ2) is 6.59. The number of rotatable bonds is 4. The van der Waals surface area contributed by atoms with Gasteiger partial charge in [-0.1, -0.05) is 0 Å². The molecule has 0 bridgehead atoms. The standard InChI is InChI=1S/C19H18N10O/c20-19-25-17-13(18-24-16(26-29(18)19)15-2-1-7-30-15)9-23-28(17)6-5-27-4-3-14-12(10-27)8-21-11-22-14/h1-2,7-9,11H,3-6,10H2,(H2,20,25). The number of hydrogen-bond acceptors (Lipinski definition) is 9. The molecular weight excluding hydrogens is 384 g/mol. The molecule has 2 N–H and O–H groups in total. The quantitative estimate of drug-likeness (QED) is 0.471. The number of hydrogen-bond donors (Lipinski definition) is 1. The Labute approximate surface area is 170 Å². The fourth-order valence-electron chi connectivity index (χ4n) is 3.88. The average molecular weight is 402 g/mol. The van der Waals surface area contributed by atoms with Gasteiger partial charge in [0.15, 0.2) is 17.1 Å². The molecule has 0 amide bonds. The summed E-state index contributed by atoms with van der Waals surface area (Å²) in [5.74, 6) is 1.30. The van der Waals surface area contributed by atoms with E-state index in [1.807, 2.05) is 10.9 Å². The zero-order chi connectivity index (χ0) is 20.1. The Hall–Kier alpha value is -3.86. The van der Waals surface area contributed by atoms with E-state index >= 15 is 0 Å². The molecule has 0 fully saturated rings. The third-order valence-corrected chi connectivity index (χ3v) is 5.41. The molecule has 30 heavy (non-hydrogen) atoms. The van der Waals surface area contributed by atoms with Gasteiger partial charge in [0.2, 0.25) is 11.8 Å². The van der Waals surface area contributed by atoms with Crippen LogP contribution in [0, 0.1) is 0 Å². The summed E-state index contributed by atoms with van der Waals surface area (Å²) in [5.41, 5.74) is 9.79. The van der Waals surface area contributed by atoms with E-state index in [4.69, 9.17) is 10.2 Å². The van der Waals surface area contributed by atoms with Crippen molar-refractivity contribution in [2.24, 2.45) is 0 Å². The van der Waals surface area contributed by atoms with Crippen LogP contribution in [-0.2, 0) is 19.5 Å². The third-order valence-electron chi connectivity index (χ3n) is 5.41. The fraction of sp³-hybridized carbons (Fsp3) is 0.263. The zero-order valence-corrected chi connectivity index (χ0v) is 16.0. The maximum atomic E-state index is 6.16. The molecule has 0 unspecified atom stereocenters. The van der Waals surface area contributed by atoms with Crippen LogP contribution >= 0.6 is 0 Å². The van der Waals surface area contributed by atoms with Crippen LogP contribution in [0.15, 0.2) is 41.5 Å². The van der Waals surface area contributed by atoms with Crippen molar-refractivity contribution in [3.63, 3.8) is 0 Å². The summed E-state index contributed by atoms with van der Waals surface area (Å²) in [4.78, 5) is 20.0. The molecule has 6 heterocycles. The van der Waals surface area contributed by atoms with E-state index in [2.05, 4.69) is 35.0 Å². The smallest absolute Gasteiger partial charge is 0.225 e. The van der Waals surface area contributed by atoms with E-state index in [1.165, 1.54) is 10.1 Å². The first-order valence-electron chi connectivity index (χ1n) is 9.68. The van der Waals surface area contributed by atoms with E-state index in [1.54, 1.807) is 30.9 Å². The second-order valence-electron chi connectivity index (χ2n) is 7.24. The van der Waals surface area contributed by atoms with Crippen molar-refractivity contribution in [1.29, 1.82) is 0 Å². The molecular formula is C19H18N10O. The van der Waals surface area contributed by atoms with Crippen LogP contribution in [-0.4, -0.2) is 57.3 Å². The minimum Gasteiger partial charge on any atom is -0.461 e. The van der Waals surface area contributed by atoms with Gasteiger partial charge in [-0.15, -0.1) is 5.10 Å². The van der Waals surface area contributed by atoms with Crippen LogP contribution in [0.5, 0.6) is 0 Å². The minimum absolute atomic E-state index is 0.258. The fourth-order valence-corrected chi connectivity index (χ4v) is 3.88. The highest BCUT2D eigenvalue weighted by Gasteiger charge is 2.20. The molecule has 0 aromatic carbocycles. The first-order chi connectivity index (χ1) is 14.8. The van der Waals surface area contributed by atoms with Crippen molar-refractivity contribution < 1.29 is 4.42 Å². The lowest BCUT2D eigenvalue weighted by Gasteiger charge is -2.27. The molecule has 5 aromatic heterocycles. The van der Waals surface area contributed by atoms with Gasteiger partial charge in [-0.2, -0.15) is 14.6 Å². The summed E-state index contributed by atoms with van der Waals surface area (Å²) in [6.07, 6.45) is 7.79. The zero-order valence-electron chi connectivity index (χ0n) is 16.0. The van der Waals surface area contributed by atoms with E-state index in [0.29, 0.717) is 29.4 Å². The maximum absolute atomic E-state index is 6.16. The molecule has 1 aliphatic rings. The monoisotopic (exact) mass is 402 g/mol. The number of nitrogens with two attached hydrogens (primary N) is 1. The minimum atomic E-state index is 0.258. The van der Waals surface area contributed by atoms with Gasteiger partial charge in [-0.05, 0) is 12.1 Å². The molecule has 0 saturated heterocycles. The Kier molecular flexibility index (Phi) is 3.74. The van der Waals surface area contributed by atoms with Gasteiger partial charge in [-0.3, -0.25) is 4.90 Å². The first kappa shape index (κ1) is 17.0.